The maximum Gasteiger partial charge on any atom is 0.188 e. The molecule has 110 valence electrons. The lowest BCUT2D eigenvalue weighted by atomic mass is 9.71. The summed E-state index contributed by atoms with van der Waals surface area (Å²) in [6.45, 7) is 3.11. The summed E-state index contributed by atoms with van der Waals surface area (Å²) in [4.78, 5) is 4.58. The second-order valence-corrected chi connectivity index (χ2v) is 6.19. The highest BCUT2D eigenvalue weighted by Gasteiger charge is 2.31. The van der Waals surface area contributed by atoms with Gasteiger partial charge < -0.3 is 11.1 Å². The molecule has 3 nitrogen and oxygen atoms in total. The Morgan fingerprint density at radius 1 is 1.40 bits per heavy atom. The summed E-state index contributed by atoms with van der Waals surface area (Å²) in [6, 6.07) is 9.36. The molecule has 2 aliphatic rings. The Bertz CT molecular complexity index is 496. The predicted molar refractivity (Wildman–Crippen MR) is 94.8 cm³/mol. The Labute approximate surface area is 138 Å². The van der Waals surface area contributed by atoms with Gasteiger partial charge in [-0.3, -0.25) is 4.99 Å². The number of guanidine groups is 1. The number of halogens is 1. The minimum absolute atomic E-state index is 0. The summed E-state index contributed by atoms with van der Waals surface area (Å²) in [5.41, 5.74) is 9.04. The van der Waals surface area contributed by atoms with E-state index in [0.717, 1.165) is 6.54 Å². The molecular weight excluding hydrogens is 361 g/mol. The van der Waals surface area contributed by atoms with Crippen LogP contribution in [0.4, 0.5) is 0 Å². The van der Waals surface area contributed by atoms with E-state index in [0.29, 0.717) is 12.0 Å². The topological polar surface area (TPSA) is 50.4 Å². The number of fused-ring (bicyclic) bond motifs is 1. The Balaban J connectivity index is 0.00000147. The van der Waals surface area contributed by atoms with Crippen LogP contribution in [0.2, 0.25) is 0 Å². The van der Waals surface area contributed by atoms with Gasteiger partial charge in [-0.2, -0.15) is 0 Å². The number of benzene rings is 1. The van der Waals surface area contributed by atoms with Crippen molar-refractivity contribution in [3.05, 3.63) is 35.4 Å². The van der Waals surface area contributed by atoms with E-state index in [2.05, 4.69) is 41.5 Å². The van der Waals surface area contributed by atoms with Crippen LogP contribution < -0.4 is 11.1 Å². The zero-order valence-corrected chi connectivity index (χ0v) is 14.4. The summed E-state index contributed by atoms with van der Waals surface area (Å²) >= 11 is 0. The van der Waals surface area contributed by atoms with Gasteiger partial charge in [0.05, 0.1) is 6.54 Å². The first kappa shape index (κ1) is 15.6. The number of nitrogens with zero attached hydrogens (tertiary/aromatic N) is 1. The molecule has 2 aliphatic carbocycles. The van der Waals surface area contributed by atoms with Crippen LogP contribution in [0.15, 0.2) is 29.3 Å². The van der Waals surface area contributed by atoms with Crippen molar-refractivity contribution in [3.63, 3.8) is 0 Å². The van der Waals surface area contributed by atoms with E-state index in [1.54, 1.807) is 0 Å². The zero-order valence-electron chi connectivity index (χ0n) is 12.1. The van der Waals surface area contributed by atoms with Gasteiger partial charge >= 0.3 is 0 Å². The van der Waals surface area contributed by atoms with Crippen LogP contribution in [-0.4, -0.2) is 18.5 Å². The van der Waals surface area contributed by atoms with Gasteiger partial charge in [0.1, 0.15) is 0 Å². The van der Waals surface area contributed by atoms with Gasteiger partial charge in [-0.25, -0.2) is 0 Å². The second kappa shape index (κ2) is 6.33. The first-order valence-corrected chi connectivity index (χ1v) is 7.32. The largest absolute Gasteiger partial charge is 0.370 e. The molecule has 0 aliphatic heterocycles. The lowest BCUT2D eigenvalue weighted by molar-refractivity contribution is 0.404. The number of aryl methyl sites for hydroxylation is 1. The Hall–Kier alpha value is -0.780. The smallest absolute Gasteiger partial charge is 0.188 e. The SMILES string of the molecule is CC1(CN=C(N)NC2CC2)CCCc2ccccc21.I. The van der Waals surface area contributed by atoms with E-state index >= 15 is 0 Å². The molecule has 1 unspecified atom stereocenters. The van der Waals surface area contributed by atoms with Gasteiger partial charge in [-0.15, -0.1) is 24.0 Å². The average molecular weight is 385 g/mol. The normalized spacial score (nSPS) is 25.6. The van der Waals surface area contributed by atoms with Gasteiger partial charge in [-0.05, 0) is 43.2 Å². The van der Waals surface area contributed by atoms with Crippen molar-refractivity contribution < 1.29 is 0 Å². The molecule has 1 aromatic carbocycles. The summed E-state index contributed by atoms with van der Waals surface area (Å²) in [7, 11) is 0. The molecule has 0 saturated heterocycles. The summed E-state index contributed by atoms with van der Waals surface area (Å²) in [6.07, 6.45) is 6.11. The van der Waals surface area contributed by atoms with Crippen LogP contribution >= 0.6 is 24.0 Å². The van der Waals surface area contributed by atoms with Crippen LogP contribution in [0.3, 0.4) is 0 Å². The van der Waals surface area contributed by atoms with Crippen LogP contribution in [-0.2, 0) is 11.8 Å². The first-order chi connectivity index (χ1) is 9.17. The minimum Gasteiger partial charge on any atom is -0.370 e. The van der Waals surface area contributed by atoms with Crippen molar-refractivity contribution in [2.45, 2.75) is 50.5 Å². The van der Waals surface area contributed by atoms with Crippen molar-refractivity contribution in [3.8, 4) is 0 Å². The molecule has 0 radical (unpaired) electrons. The first-order valence-electron chi connectivity index (χ1n) is 7.32. The highest BCUT2D eigenvalue weighted by atomic mass is 127. The molecule has 0 bridgehead atoms. The van der Waals surface area contributed by atoms with Crippen LogP contribution in [0.5, 0.6) is 0 Å². The van der Waals surface area contributed by atoms with Gasteiger partial charge in [0.15, 0.2) is 5.96 Å². The summed E-state index contributed by atoms with van der Waals surface area (Å²) in [5, 5.41) is 3.26. The van der Waals surface area contributed by atoms with E-state index in [4.69, 9.17) is 5.73 Å². The molecule has 1 fully saturated rings. The van der Waals surface area contributed by atoms with Crippen molar-refractivity contribution in [2.75, 3.05) is 6.54 Å². The van der Waals surface area contributed by atoms with Crippen LogP contribution in [0, 0.1) is 0 Å². The maximum absolute atomic E-state index is 5.95. The Morgan fingerprint density at radius 2 is 2.15 bits per heavy atom. The second-order valence-electron chi connectivity index (χ2n) is 6.19. The van der Waals surface area contributed by atoms with Crippen molar-refractivity contribution >= 4 is 29.9 Å². The van der Waals surface area contributed by atoms with E-state index in [9.17, 15) is 0 Å². The van der Waals surface area contributed by atoms with Gasteiger partial charge in [0.25, 0.3) is 0 Å². The van der Waals surface area contributed by atoms with Crippen LogP contribution in [0.1, 0.15) is 43.7 Å². The van der Waals surface area contributed by atoms with E-state index in [1.807, 2.05) is 0 Å². The Morgan fingerprint density at radius 3 is 2.90 bits per heavy atom. The number of hydrogen-bond donors (Lipinski definition) is 2. The third-order valence-electron chi connectivity index (χ3n) is 4.37. The summed E-state index contributed by atoms with van der Waals surface area (Å²) in [5.74, 6) is 0.617. The molecule has 3 rings (SSSR count). The fraction of sp³-hybridized carbons (Fsp3) is 0.562. The Kier molecular flexibility index (Phi) is 4.94. The molecule has 4 heteroatoms. The fourth-order valence-electron chi connectivity index (χ4n) is 3.04. The number of hydrogen-bond acceptors (Lipinski definition) is 1. The van der Waals surface area contributed by atoms with Gasteiger partial charge in [-0.1, -0.05) is 31.2 Å². The number of nitrogens with one attached hydrogen (secondary N) is 1. The number of nitrogens with two attached hydrogens (primary N) is 1. The molecule has 3 N–H and O–H groups in total. The van der Waals surface area contributed by atoms with E-state index in [-0.39, 0.29) is 29.4 Å². The standard InChI is InChI=1S/C16H23N3.HI/c1-16(11-18-15(17)19-13-8-9-13)10-4-6-12-5-2-3-7-14(12)16;/h2-3,5,7,13H,4,6,8-11H2,1H3,(H3,17,18,19);1H. The van der Waals surface area contributed by atoms with Crippen LogP contribution in [0.25, 0.3) is 0 Å². The van der Waals surface area contributed by atoms with Crippen molar-refractivity contribution in [2.24, 2.45) is 10.7 Å². The van der Waals surface area contributed by atoms with E-state index in [1.165, 1.54) is 43.2 Å². The lowest BCUT2D eigenvalue weighted by Gasteiger charge is -2.34. The predicted octanol–water partition coefficient (Wildman–Crippen LogP) is 2.97. The molecule has 0 amide bonds. The molecule has 1 atom stereocenters. The molecule has 1 aromatic rings. The molecule has 1 saturated carbocycles. The molecular formula is C16H24IN3. The number of rotatable bonds is 3. The highest BCUT2D eigenvalue weighted by molar-refractivity contribution is 14.0. The fourth-order valence-corrected chi connectivity index (χ4v) is 3.04. The maximum atomic E-state index is 5.95. The zero-order chi connectivity index (χ0) is 13.3. The van der Waals surface area contributed by atoms with Gasteiger partial charge in [0, 0.05) is 11.5 Å². The average Bonchev–Trinajstić information content (AvgIpc) is 3.21. The molecule has 20 heavy (non-hydrogen) atoms. The molecule has 0 heterocycles. The molecule has 0 aromatic heterocycles. The van der Waals surface area contributed by atoms with Crippen molar-refractivity contribution in [1.29, 1.82) is 0 Å². The molecule has 0 spiro atoms. The quantitative estimate of drug-likeness (QED) is 0.478. The lowest BCUT2D eigenvalue weighted by Crippen LogP contribution is -2.36. The minimum atomic E-state index is 0. The third kappa shape index (κ3) is 3.45. The number of aliphatic imine (C=N–C) groups is 1. The summed E-state index contributed by atoms with van der Waals surface area (Å²) < 4.78 is 0. The monoisotopic (exact) mass is 385 g/mol. The van der Waals surface area contributed by atoms with E-state index < -0.39 is 0 Å². The van der Waals surface area contributed by atoms with Gasteiger partial charge in [0.2, 0.25) is 0 Å². The third-order valence-corrected chi connectivity index (χ3v) is 4.37. The highest BCUT2D eigenvalue weighted by Crippen LogP contribution is 2.37. The van der Waals surface area contributed by atoms with Crippen molar-refractivity contribution in [1.82, 2.24) is 5.32 Å².